The van der Waals surface area contributed by atoms with E-state index in [2.05, 4.69) is 9.97 Å². The van der Waals surface area contributed by atoms with E-state index in [9.17, 15) is 9.59 Å². The van der Waals surface area contributed by atoms with Crippen LogP contribution in [0.25, 0.3) is 0 Å². The van der Waals surface area contributed by atoms with Gasteiger partial charge in [0.15, 0.2) is 28.8 Å². The summed E-state index contributed by atoms with van der Waals surface area (Å²) in [7, 11) is 4.47. The number of esters is 1. The minimum absolute atomic E-state index is 0.0291. The normalized spacial score (nSPS) is 17.1. The summed E-state index contributed by atoms with van der Waals surface area (Å²) < 4.78 is 50.8. The molecule has 0 aliphatic carbocycles. The van der Waals surface area contributed by atoms with Crippen LogP contribution in [0.5, 0.6) is 34.5 Å². The molecule has 13 nitrogen and oxygen atoms in total. The van der Waals surface area contributed by atoms with Crippen LogP contribution in [0.15, 0.2) is 49.1 Å². The molecule has 0 N–H and O–H groups in total. The van der Waals surface area contributed by atoms with E-state index in [1.165, 1.54) is 19.5 Å². The SMILES string of the molecule is COC(=O)c1ccc(OC)c2c1OCC1(CCOCC1)CO2.COc1ccc(C(=O)Cc2c(Cl)cncc2Cl)c2c1OCC1(CCOCC1)CO2.Cc1c(Cl)cncc1Cl. The molecule has 4 aliphatic heterocycles. The predicted octanol–water partition coefficient (Wildman–Crippen LogP) is 9.14. The average Bonchev–Trinajstić information content (AvgIpc) is 3.57. The van der Waals surface area contributed by atoms with Crippen molar-refractivity contribution in [2.45, 2.75) is 39.0 Å². The molecule has 2 fully saturated rings. The molecule has 0 unspecified atom stereocenters. The van der Waals surface area contributed by atoms with Crippen molar-refractivity contribution in [3.63, 3.8) is 0 Å². The molecule has 0 amide bonds. The van der Waals surface area contributed by atoms with Gasteiger partial charge in [-0.1, -0.05) is 46.4 Å². The van der Waals surface area contributed by atoms with E-state index in [1.54, 1.807) is 50.9 Å². The molecular weight excluding hydrogens is 862 g/mol. The van der Waals surface area contributed by atoms with Crippen LogP contribution in [0.3, 0.4) is 0 Å². The molecule has 0 bridgehead atoms. The molecule has 17 heteroatoms. The Balaban J connectivity index is 0.000000171. The second-order valence-electron chi connectivity index (χ2n) is 14.7. The third kappa shape index (κ3) is 10.4. The highest BCUT2D eigenvalue weighted by Gasteiger charge is 2.40. The Labute approximate surface area is 368 Å². The smallest absolute Gasteiger partial charge is 0.341 e. The van der Waals surface area contributed by atoms with Crippen LogP contribution in [0.4, 0.5) is 0 Å². The van der Waals surface area contributed by atoms with Crippen molar-refractivity contribution in [1.82, 2.24) is 9.97 Å². The van der Waals surface area contributed by atoms with Gasteiger partial charge >= 0.3 is 5.97 Å². The maximum atomic E-state index is 13.1. The second kappa shape index (κ2) is 20.5. The molecule has 322 valence electrons. The number of fused-ring (bicyclic) bond motifs is 2. The van der Waals surface area contributed by atoms with Gasteiger partial charge in [0, 0.05) is 74.0 Å². The molecule has 0 atom stereocenters. The molecule has 0 radical (unpaired) electrons. The van der Waals surface area contributed by atoms with Crippen molar-refractivity contribution in [3.8, 4) is 34.5 Å². The Morgan fingerprint density at radius 1 is 0.600 bits per heavy atom. The molecule has 60 heavy (non-hydrogen) atoms. The largest absolute Gasteiger partial charge is 0.493 e. The lowest BCUT2D eigenvalue weighted by molar-refractivity contribution is -0.0255. The molecular formula is C43H46Cl4N2O11. The number of carbonyl (C=O) groups excluding carboxylic acids is 2. The van der Waals surface area contributed by atoms with E-state index in [0.29, 0.717) is 124 Å². The van der Waals surface area contributed by atoms with E-state index in [-0.39, 0.29) is 23.0 Å². The lowest BCUT2D eigenvalue weighted by atomic mass is 9.82. The van der Waals surface area contributed by atoms with Gasteiger partial charge in [-0.15, -0.1) is 0 Å². The van der Waals surface area contributed by atoms with Crippen LogP contribution in [0, 0.1) is 17.8 Å². The summed E-state index contributed by atoms with van der Waals surface area (Å²) in [6, 6.07) is 6.73. The highest BCUT2D eigenvalue weighted by Crippen LogP contribution is 2.47. The van der Waals surface area contributed by atoms with Crippen molar-refractivity contribution in [3.05, 3.63) is 91.4 Å². The van der Waals surface area contributed by atoms with E-state index in [1.807, 2.05) is 6.92 Å². The molecule has 6 heterocycles. The summed E-state index contributed by atoms with van der Waals surface area (Å²) >= 11 is 23.7. The van der Waals surface area contributed by atoms with Gasteiger partial charge in [0.2, 0.25) is 11.5 Å². The Kier molecular flexibility index (Phi) is 15.5. The number of rotatable bonds is 6. The van der Waals surface area contributed by atoms with Crippen LogP contribution in [0.2, 0.25) is 20.1 Å². The number of nitrogens with zero attached hydrogens (tertiary/aromatic N) is 2. The third-order valence-corrected chi connectivity index (χ3v) is 12.3. The summed E-state index contributed by atoms with van der Waals surface area (Å²) in [6.07, 6.45) is 9.54. The Morgan fingerprint density at radius 3 is 1.42 bits per heavy atom. The van der Waals surface area contributed by atoms with E-state index in [0.717, 1.165) is 31.2 Å². The standard InChI is InChI=1S/C21H21Cl2NO5.C16H20O6.C6H5Cl2N/c1-26-18-3-2-13(17(25)8-14-15(22)9-24-10-16(14)23)19-20(18)29-12-21(11-28-19)4-6-27-7-5-21;1-18-12-4-3-11(15(17)19-2)13-14(12)22-10-16(9-21-13)5-7-20-8-6-16;1-4-5(7)2-9-3-6(4)8/h2-3,9-10H,4-8,11-12H2,1H3;3-4H,5-10H2,1-2H3;2-3H,1H3. The first-order chi connectivity index (χ1) is 28.9. The number of halogens is 4. The highest BCUT2D eigenvalue weighted by molar-refractivity contribution is 6.36. The predicted molar refractivity (Wildman–Crippen MR) is 226 cm³/mol. The molecule has 0 saturated carbocycles. The molecule has 2 spiro atoms. The summed E-state index contributed by atoms with van der Waals surface area (Å²) in [4.78, 5) is 32.8. The van der Waals surface area contributed by atoms with E-state index in [4.69, 9.17) is 89.0 Å². The Bertz CT molecular complexity index is 2120. The van der Waals surface area contributed by atoms with Gasteiger partial charge in [-0.05, 0) is 62.4 Å². The first-order valence-corrected chi connectivity index (χ1v) is 20.7. The number of ketones is 1. The lowest BCUT2D eigenvalue weighted by Gasteiger charge is -2.34. The quantitative estimate of drug-likeness (QED) is 0.134. The van der Waals surface area contributed by atoms with Gasteiger partial charge in [0.1, 0.15) is 5.56 Å². The maximum absolute atomic E-state index is 13.1. The summed E-state index contributed by atoms with van der Waals surface area (Å²) in [5.41, 5.74) is 1.95. The number of hydrogen-bond donors (Lipinski definition) is 0. The summed E-state index contributed by atoms with van der Waals surface area (Å²) in [6.45, 7) is 6.54. The zero-order valence-corrected chi connectivity index (χ0v) is 36.7. The van der Waals surface area contributed by atoms with Crippen LogP contribution >= 0.6 is 46.4 Å². The van der Waals surface area contributed by atoms with Crippen LogP contribution in [-0.2, 0) is 20.6 Å². The first-order valence-electron chi connectivity index (χ1n) is 19.2. The van der Waals surface area contributed by atoms with Crippen molar-refractivity contribution >= 4 is 58.2 Å². The number of pyridine rings is 2. The zero-order chi connectivity index (χ0) is 42.9. The molecule has 8 rings (SSSR count). The molecule has 2 saturated heterocycles. The molecule has 2 aromatic carbocycles. The second-order valence-corrected chi connectivity index (χ2v) is 16.4. The topological polar surface area (TPSA) is 143 Å². The molecule has 2 aromatic heterocycles. The average molecular weight is 909 g/mol. The fourth-order valence-corrected chi connectivity index (χ4v) is 7.83. The van der Waals surface area contributed by atoms with Gasteiger partial charge in [-0.25, -0.2) is 4.79 Å². The van der Waals surface area contributed by atoms with Crippen LogP contribution in [0.1, 0.15) is 57.5 Å². The molecule has 4 aliphatic rings. The lowest BCUT2D eigenvalue weighted by Crippen LogP contribution is -2.39. The number of carbonyl (C=O) groups is 2. The zero-order valence-electron chi connectivity index (χ0n) is 33.7. The minimum atomic E-state index is -0.453. The fraction of sp³-hybridized carbons (Fsp3) is 0.442. The van der Waals surface area contributed by atoms with Gasteiger partial charge in [-0.2, -0.15) is 0 Å². The number of Topliss-reactive ketones (excluding diaryl/α,β-unsaturated/α-hetero) is 1. The van der Waals surface area contributed by atoms with Crippen molar-refractivity contribution in [1.29, 1.82) is 0 Å². The van der Waals surface area contributed by atoms with Crippen molar-refractivity contribution < 1.29 is 52.2 Å². The summed E-state index contributed by atoms with van der Waals surface area (Å²) in [5.74, 6) is 2.17. The van der Waals surface area contributed by atoms with Crippen LogP contribution in [-0.4, -0.2) is 95.9 Å². The Hall–Kier alpha value is -4.24. The molecule has 4 aromatic rings. The number of benzene rings is 2. The Morgan fingerprint density at radius 2 is 1.00 bits per heavy atom. The number of hydrogen-bond acceptors (Lipinski definition) is 13. The van der Waals surface area contributed by atoms with Gasteiger partial charge in [0.25, 0.3) is 0 Å². The number of ether oxygens (including phenoxy) is 9. The van der Waals surface area contributed by atoms with Gasteiger partial charge in [-0.3, -0.25) is 14.8 Å². The third-order valence-electron chi connectivity index (χ3n) is 10.9. The van der Waals surface area contributed by atoms with Gasteiger partial charge in [0.05, 0.1) is 73.4 Å². The van der Waals surface area contributed by atoms with Gasteiger partial charge < -0.3 is 42.6 Å². The minimum Gasteiger partial charge on any atom is -0.493 e. The maximum Gasteiger partial charge on any atom is 0.341 e. The van der Waals surface area contributed by atoms with Crippen LogP contribution < -0.4 is 28.4 Å². The fourth-order valence-electron chi connectivity index (χ4n) is 6.97. The van der Waals surface area contributed by atoms with E-state index >= 15 is 0 Å². The van der Waals surface area contributed by atoms with Crippen molar-refractivity contribution in [2.24, 2.45) is 10.8 Å². The summed E-state index contributed by atoms with van der Waals surface area (Å²) in [5, 5.41) is 1.93. The van der Waals surface area contributed by atoms with E-state index < -0.39 is 5.97 Å². The monoisotopic (exact) mass is 906 g/mol. The van der Waals surface area contributed by atoms with Crippen molar-refractivity contribution in [2.75, 3.05) is 74.2 Å². The first kappa shape index (κ1) is 45.3. The number of methoxy groups -OCH3 is 3. The highest BCUT2D eigenvalue weighted by atomic mass is 35.5. The number of aromatic nitrogens is 2.